The van der Waals surface area contributed by atoms with Gasteiger partial charge in [-0.05, 0) is 49.3 Å². The van der Waals surface area contributed by atoms with Crippen LogP contribution in [0, 0.1) is 11.3 Å². The molecule has 0 amide bonds. The van der Waals surface area contributed by atoms with Crippen molar-refractivity contribution in [2.75, 3.05) is 13.2 Å². The molecule has 2 aliphatic rings. The zero-order valence-corrected chi connectivity index (χ0v) is 13.1. The van der Waals surface area contributed by atoms with Crippen LogP contribution in [0.2, 0.25) is 0 Å². The summed E-state index contributed by atoms with van der Waals surface area (Å²) in [4.78, 5) is 0. The molecule has 3 rings (SSSR count). The van der Waals surface area contributed by atoms with Crippen molar-refractivity contribution in [3.05, 3.63) is 29.8 Å². The van der Waals surface area contributed by atoms with Gasteiger partial charge in [-0.1, -0.05) is 26.0 Å². The van der Waals surface area contributed by atoms with E-state index in [1.54, 1.807) is 12.1 Å². The molecule has 1 aromatic rings. The van der Waals surface area contributed by atoms with Gasteiger partial charge >= 0.3 is 0 Å². The van der Waals surface area contributed by atoms with Gasteiger partial charge in [0.05, 0.1) is 6.10 Å². The van der Waals surface area contributed by atoms with Crippen molar-refractivity contribution < 1.29 is 9.84 Å². The van der Waals surface area contributed by atoms with Gasteiger partial charge in [0.2, 0.25) is 0 Å². The topological polar surface area (TPSA) is 41.5 Å². The first kappa shape index (κ1) is 14.9. The molecule has 1 aromatic carbocycles. The van der Waals surface area contributed by atoms with Crippen molar-refractivity contribution in [3.63, 3.8) is 0 Å². The molecule has 1 saturated carbocycles. The van der Waals surface area contributed by atoms with Crippen LogP contribution in [0.4, 0.5) is 0 Å². The highest BCUT2D eigenvalue weighted by Crippen LogP contribution is 2.49. The zero-order chi connectivity index (χ0) is 14.9. The highest BCUT2D eigenvalue weighted by Gasteiger charge is 2.50. The number of hydrogen-bond acceptors (Lipinski definition) is 3. The van der Waals surface area contributed by atoms with Gasteiger partial charge in [-0.25, -0.2) is 0 Å². The molecule has 0 bridgehead atoms. The standard InChI is InChI=1S/C18H27NO2/c1-13(2)19-12-18(9-10-21-17(18)15-5-6-15)11-14-3-7-16(20)8-4-14/h3-4,7-8,13,15,17,19-20H,5-6,9-12H2,1-2H3. The minimum atomic E-state index is 0.211. The lowest BCUT2D eigenvalue weighted by molar-refractivity contribution is 0.0298. The molecule has 0 radical (unpaired) electrons. The summed E-state index contributed by atoms with van der Waals surface area (Å²) in [6.45, 7) is 6.32. The van der Waals surface area contributed by atoms with Crippen molar-refractivity contribution in [1.82, 2.24) is 5.32 Å². The van der Waals surface area contributed by atoms with Crippen LogP contribution in [0.3, 0.4) is 0 Å². The van der Waals surface area contributed by atoms with Crippen LogP contribution in [0.5, 0.6) is 5.75 Å². The smallest absolute Gasteiger partial charge is 0.115 e. The van der Waals surface area contributed by atoms with Crippen LogP contribution in [0.25, 0.3) is 0 Å². The summed E-state index contributed by atoms with van der Waals surface area (Å²) in [7, 11) is 0. The average Bonchev–Trinajstić information content (AvgIpc) is 3.21. The molecule has 1 heterocycles. The fraction of sp³-hybridized carbons (Fsp3) is 0.667. The quantitative estimate of drug-likeness (QED) is 0.845. The van der Waals surface area contributed by atoms with E-state index in [0.29, 0.717) is 17.9 Å². The molecule has 1 saturated heterocycles. The van der Waals surface area contributed by atoms with E-state index in [4.69, 9.17) is 4.74 Å². The van der Waals surface area contributed by atoms with Crippen LogP contribution < -0.4 is 5.32 Å². The van der Waals surface area contributed by atoms with Crippen LogP contribution in [0.15, 0.2) is 24.3 Å². The van der Waals surface area contributed by atoms with E-state index >= 15 is 0 Å². The predicted octanol–water partition coefficient (Wildman–Crippen LogP) is 3.12. The van der Waals surface area contributed by atoms with E-state index < -0.39 is 0 Å². The first-order valence-electron chi connectivity index (χ1n) is 8.22. The van der Waals surface area contributed by atoms with E-state index in [2.05, 4.69) is 31.3 Å². The molecule has 0 spiro atoms. The third-order valence-electron chi connectivity index (χ3n) is 4.91. The molecule has 0 aromatic heterocycles. The maximum atomic E-state index is 9.47. The minimum Gasteiger partial charge on any atom is -0.508 e. The van der Waals surface area contributed by atoms with Gasteiger partial charge in [0.25, 0.3) is 0 Å². The highest BCUT2D eigenvalue weighted by atomic mass is 16.5. The van der Waals surface area contributed by atoms with Crippen molar-refractivity contribution in [1.29, 1.82) is 0 Å². The summed E-state index contributed by atoms with van der Waals surface area (Å²) in [5, 5.41) is 13.1. The Bertz CT molecular complexity index is 467. The van der Waals surface area contributed by atoms with Crippen molar-refractivity contribution in [3.8, 4) is 5.75 Å². The molecule has 21 heavy (non-hydrogen) atoms. The SMILES string of the molecule is CC(C)NCC1(Cc2ccc(O)cc2)CCOC1C1CC1. The van der Waals surface area contributed by atoms with Gasteiger partial charge in [0.1, 0.15) is 5.75 Å². The molecule has 2 N–H and O–H groups in total. The Morgan fingerprint density at radius 1 is 1.29 bits per heavy atom. The van der Waals surface area contributed by atoms with Gasteiger partial charge in [-0.3, -0.25) is 0 Å². The lowest BCUT2D eigenvalue weighted by Gasteiger charge is -2.35. The molecule has 1 aliphatic carbocycles. The molecular formula is C18H27NO2. The predicted molar refractivity (Wildman–Crippen MR) is 84.5 cm³/mol. The third-order valence-corrected chi connectivity index (χ3v) is 4.91. The van der Waals surface area contributed by atoms with Crippen molar-refractivity contribution in [2.24, 2.45) is 11.3 Å². The lowest BCUT2D eigenvalue weighted by Crippen LogP contribution is -2.45. The van der Waals surface area contributed by atoms with Gasteiger partial charge in [-0.15, -0.1) is 0 Å². The second kappa shape index (κ2) is 5.98. The van der Waals surface area contributed by atoms with Crippen LogP contribution in [-0.2, 0) is 11.2 Å². The summed E-state index contributed by atoms with van der Waals surface area (Å²) in [5.74, 6) is 1.10. The fourth-order valence-corrected chi connectivity index (χ4v) is 3.61. The monoisotopic (exact) mass is 289 g/mol. The maximum absolute atomic E-state index is 9.47. The van der Waals surface area contributed by atoms with Gasteiger partial charge < -0.3 is 15.2 Å². The molecule has 1 aliphatic heterocycles. The Balaban J connectivity index is 1.79. The van der Waals surface area contributed by atoms with E-state index in [1.807, 2.05) is 0 Å². The van der Waals surface area contributed by atoms with E-state index in [0.717, 1.165) is 31.9 Å². The Morgan fingerprint density at radius 2 is 2.00 bits per heavy atom. The Hall–Kier alpha value is -1.06. The summed E-state index contributed by atoms with van der Waals surface area (Å²) < 4.78 is 6.13. The van der Waals surface area contributed by atoms with Gasteiger partial charge in [-0.2, -0.15) is 0 Å². The van der Waals surface area contributed by atoms with E-state index in [-0.39, 0.29) is 5.41 Å². The molecule has 3 heteroatoms. The molecular weight excluding hydrogens is 262 g/mol. The molecule has 2 atom stereocenters. The van der Waals surface area contributed by atoms with Crippen LogP contribution in [-0.4, -0.2) is 30.4 Å². The summed E-state index contributed by atoms with van der Waals surface area (Å²) in [5.41, 5.74) is 1.51. The second-order valence-electron chi connectivity index (χ2n) is 7.12. The Morgan fingerprint density at radius 3 is 2.62 bits per heavy atom. The van der Waals surface area contributed by atoms with Crippen LogP contribution in [0.1, 0.15) is 38.7 Å². The Labute approximate surface area is 127 Å². The molecule has 116 valence electrons. The van der Waals surface area contributed by atoms with Crippen molar-refractivity contribution >= 4 is 0 Å². The lowest BCUT2D eigenvalue weighted by atomic mass is 9.74. The first-order valence-corrected chi connectivity index (χ1v) is 8.22. The normalized spacial score (nSPS) is 29.2. The number of phenolic OH excluding ortho intramolecular Hbond substituents is 1. The number of benzene rings is 1. The second-order valence-corrected chi connectivity index (χ2v) is 7.12. The first-order chi connectivity index (χ1) is 10.1. The molecule has 3 nitrogen and oxygen atoms in total. The number of phenols is 1. The van der Waals surface area contributed by atoms with Crippen molar-refractivity contribution in [2.45, 2.75) is 51.7 Å². The summed E-state index contributed by atoms with van der Waals surface area (Å²) >= 11 is 0. The largest absolute Gasteiger partial charge is 0.508 e. The van der Waals surface area contributed by atoms with Crippen LogP contribution >= 0.6 is 0 Å². The number of aromatic hydroxyl groups is 1. The third kappa shape index (κ3) is 3.41. The fourth-order valence-electron chi connectivity index (χ4n) is 3.61. The summed E-state index contributed by atoms with van der Waals surface area (Å²) in [6.07, 6.45) is 5.22. The van der Waals surface area contributed by atoms with Gasteiger partial charge in [0, 0.05) is 24.6 Å². The molecule has 2 unspecified atom stereocenters. The number of rotatable bonds is 6. The van der Waals surface area contributed by atoms with Gasteiger partial charge in [0.15, 0.2) is 0 Å². The summed E-state index contributed by atoms with van der Waals surface area (Å²) in [6, 6.07) is 8.19. The van der Waals surface area contributed by atoms with E-state index in [9.17, 15) is 5.11 Å². The van der Waals surface area contributed by atoms with E-state index in [1.165, 1.54) is 18.4 Å². The molecule has 2 fully saturated rings. The average molecular weight is 289 g/mol. The number of nitrogens with one attached hydrogen (secondary N) is 1. The Kier molecular flexibility index (Phi) is 4.23. The zero-order valence-electron chi connectivity index (χ0n) is 13.1. The number of hydrogen-bond donors (Lipinski definition) is 2. The minimum absolute atomic E-state index is 0.211. The highest BCUT2D eigenvalue weighted by molar-refractivity contribution is 5.27. The maximum Gasteiger partial charge on any atom is 0.115 e. The number of ether oxygens (including phenoxy) is 1.